The number of rotatable bonds is 6. The predicted molar refractivity (Wildman–Crippen MR) is 84.7 cm³/mol. The minimum Gasteiger partial charge on any atom is -0.341 e. The molecule has 2 aromatic carbocycles. The first-order valence-corrected chi connectivity index (χ1v) is 7.70. The zero-order chi connectivity index (χ0) is 14.2. The lowest BCUT2D eigenvalue weighted by Gasteiger charge is -2.17. The summed E-state index contributed by atoms with van der Waals surface area (Å²) in [6.45, 7) is 0.676. The first-order chi connectivity index (χ1) is 9.75. The van der Waals surface area contributed by atoms with E-state index < -0.39 is 0 Å². The van der Waals surface area contributed by atoms with E-state index in [1.807, 2.05) is 55.6 Å². The van der Waals surface area contributed by atoms with Crippen molar-refractivity contribution in [1.82, 2.24) is 4.90 Å². The van der Waals surface area contributed by atoms with Gasteiger partial charge in [0.2, 0.25) is 5.91 Å². The minimum absolute atomic E-state index is 0.192. The van der Waals surface area contributed by atoms with Crippen LogP contribution in [0.15, 0.2) is 65.6 Å². The van der Waals surface area contributed by atoms with E-state index in [1.165, 1.54) is 10.5 Å². The Morgan fingerprint density at radius 2 is 1.60 bits per heavy atom. The first kappa shape index (κ1) is 14.7. The lowest BCUT2D eigenvalue weighted by molar-refractivity contribution is -0.129. The maximum Gasteiger partial charge on any atom is 0.223 e. The molecule has 0 spiro atoms. The minimum atomic E-state index is 0.192. The van der Waals surface area contributed by atoms with Crippen LogP contribution in [-0.2, 0) is 11.3 Å². The summed E-state index contributed by atoms with van der Waals surface area (Å²) < 4.78 is 0. The van der Waals surface area contributed by atoms with Gasteiger partial charge < -0.3 is 4.90 Å². The fourth-order valence-electron chi connectivity index (χ4n) is 1.91. The highest BCUT2D eigenvalue weighted by Crippen LogP contribution is 2.18. The maximum atomic E-state index is 12.1. The first-order valence-electron chi connectivity index (χ1n) is 6.71. The molecule has 0 aliphatic rings. The molecule has 2 aromatic rings. The number of amides is 1. The average Bonchev–Trinajstić information content (AvgIpc) is 2.49. The van der Waals surface area contributed by atoms with Crippen molar-refractivity contribution in [3.63, 3.8) is 0 Å². The SMILES string of the molecule is CN(Cc1ccccc1)C(=O)CCSc1ccccc1. The average molecular weight is 285 g/mol. The number of carbonyl (C=O) groups excluding carboxylic acids is 1. The lowest BCUT2D eigenvalue weighted by atomic mass is 10.2. The summed E-state index contributed by atoms with van der Waals surface area (Å²) in [7, 11) is 1.86. The van der Waals surface area contributed by atoms with E-state index in [4.69, 9.17) is 0 Å². The Morgan fingerprint density at radius 3 is 2.25 bits per heavy atom. The summed E-state index contributed by atoms with van der Waals surface area (Å²) >= 11 is 1.72. The van der Waals surface area contributed by atoms with Crippen LogP contribution in [0.2, 0.25) is 0 Å². The smallest absolute Gasteiger partial charge is 0.223 e. The highest BCUT2D eigenvalue weighted by atomic mass is 32.2. The second kappa shape index (κ2) is 7.75. The molecule has 0 unspecified atom stereocenters. The monoisotopic (exact) mass is 285 g/mol. The van der Waals surface area contributed by atoms with Gasteiger partial charge in [-0.2, -0.15) is 0 Å². The summed E-state index contributed by atoms with van der Waals surface area (Å²) in [6, 6.07) is 20.3. The molecular formula is C17H19NOS. The molecule has 0 fully saturated rings. The molecule has 0 atom stereocenters. The van der Waals surface area contributed by atoms with Gasteiger partial charge in [0, 0.05) is 30.7 Å². The van der Waals surface area contributed by atoms with Gasteiger partial charge in [0.05, 0.1) is 0 Å². The Balaban J connectivity index is 1.74. The van der Waals surface area contributed by atoms with E-state index in [0.717, 1.165) is 5.75 Å². The molecule has 0 N–H and O–H groups in total. The standard InChI is InChI=1S/C17H19NOS/c1-18(14-15-8-4-2-5-9-15)17(19)12-13-20-16-10-6-3-7-11-16/h2-11H,12-14H2,1H3. The molecule has 0 aromatic heterocycles. The number of hydrogen-bond acceptors (Lipinski definition) is 2. The topological polar surface area (TPSA) is 20.3 Å². The molecule has 0 bridgehead atoms. The van der Waals surface area contributed by atoms with Crippen molar-refractivity contribution in [3.8, 4) is 0 Å². The summed E-state index contributed by atoms with van der Waals surface area (Å²) in [5.74, 6) is 1.01. The summed E-state index contributed by atoms with van der Waals surface area (Å²) in [5.41, 5.74) is 1.17. The molecule has 3 heteroatoms. The van der Waals surface area contributed by atoms with Crippen LogP contribution < -0.4 is 0 Å². The van der Waals surface area contributed by atoms with Crippen molar-refractivity contribution in [2.24, 2.45) is 0 Å². The van der Waals surface area contributed by atoms with Gasteiger partial charge in [-0.3, -0.25) is 4.79 Å². The zero-order valence-electron chi connectivity index (χ0n) is 11.7. The van der Waals surface area contributed by atoms with Gasteiger partial charge in [0.15, 0.2) is 0 Å². The highest BCUT2D eigenvalue weighted by Gasteiger charge is 2.08. The molecule has 0 aliphatic heterocycles. The van der Waals surface area contributed by atoms with E-state index in [9.17, 15) is 4.79 Å². The molecule has 2 rings (SSSR count). The largest absolute Gasteiger partial charge is 0.341 e. The normalized spacial score (nSPS) is 10.2. The predicted octanol–water partition coefficient (Wildman–Crippen LogP) is 3.83. The van der Waals surface area contributed by atoms with Crippen LogP contribution in [0.4, 0.5) is 0 Å². The van der Waals surface area contributed by atoms with Gasteiger partial charge in [-0.05, 0) is 17.7 Å². The Morgan fingerprint density at radius 1 is 1.00 bits per heavy atom. The number of benzene rings is 2. The zero-order valence-corrected chi connectivity index (χ0v) is 12.5. The van der Waals surface area contributed by atoms with Crippen LogP contribution in [0, 0.1) is 0 Å². The molecule has 20 heavy (non-hydrogen) atoms. The van der Waals surface area contributed by atoms with E-state index in [1.54, 1.807) is 16.7 Å². The van der Waals surface area contributed by atoms with Crippen LogP contribution >= 0.6 is 11.8 Å². The third-order valence-electron chi connectivity index (χ3n) is 3.02. The van der Waals surface area contributed by atoms with Crippen molar-refractivity contribution < 1.29 is 4.79 Å². The number of nitrogens with zero attached hydrogens (tertiary/aromatic N) is 1. The molecule has 0 saturated heterocycles. The number of hydrogen-bond donors (Lipinski definition) is 0. The summed E-state index contributed by atoms with van der Waals surface area (Å²) in [4.78, 5) is 15.1. The molecular weight excluding hydrogens is 266 g/mol. The van der Waals surface area contributed by atoms with E-state index >= 15 is 0 Å². The fourth-order valence-corrected chi connectivity index (χ4v) is 2.77. The Hall–Kier alpha value is -1.74. The van der Waals surface area contributed by atoms with Crippen molar-refractivity contribution in [3.05, 3.63) is 66.2 Å². The van der Waals surface area contributed by atoms with Crippen LogP contribution in [0.25, 0.3) is 0 Å². The van der Waals surface area contributed by atoms with Crippen molar-refractivity contribution >= 4 is 17.7 Å². The molecule has 0 radical (unpaired) electrons. The van der Waals surface area contributed by atoms with Crippen LogP contribution in [0.5, 0.6) is 0 Å². The molecule has 0 saturated carbocycles. The fraction of sp³-hybridized carbons (Fsp3) is 0.235. The van der Waals surface area contributed by atoms with Gasteiger partial charge in [0.25, 0.3) is 0 Å². The van der Waals surface area contributed by atoms with Crippen molar-refractivity contribution in [1.29, 1.82) is 0 Å². The molecule has 0 aliphatic carbocycles. The summed E-state index contributed by atoms with van der Waals surface area (Å²) in [5, 5.41) is 0. The van der Waals surface area contributed by atoms with Gasteiger partial charge in [-0.25, -0.2) is 0 Å². The van der Waals surface area contributed by atoms with Crippen LogP contribution in [0.3, 0.4) is 0 Å². The van der Waals surface area contributed by atoms with E-state index in [0.29, 0.717) is 13.0 Å². The Kier molecular flexibility index (Phi) is 5.69. The van der Waals surface area contributed by atoms with Gasteiger partial charge >= 0.3 is 0 Å². The van der Waals surface area contributed by atoms with Crippen molar-refractivity contribution in [2.45, 2.75) is 17.9 Å². The second-order valence-electron chi connectivity index (χ2n) is 4.65. The maximum absolute atomic E-state index is 12.1. The van der Waals surface area contributed by atoms with Gasteiger partial charge in [-0.1, -0.05) is 48.5 Å². The molecule has 2 nitrogen and oxygen atoms in total. The number of carbonyl (C=O) groups is 1. The Labute approximate surface area is 124 Å². The molecule has 1 amide bonds. The second-order valence-corrected chi connectivity index (χ2v) is 5.82. The third kappa shape index (κ3) is 4.74. The van der Waals surface area contributed by atoms with Crippen LogP contribution in [-0.4, -0.2) is 23.6 Å². The number of thioether (sulfide) groups is 1. The lowest BCUT2D eigenvalue weighted by Crippen LogP contribution is -2.26. The van der Waals surface area contributed by atoms with Gasteiger partial charge in [0.1, 0.15) is 0 Å². The van der Waals surface area contributed by atoms with E-state index in [2.05, 4.69) is 12.1 Å². The molecule has 104 valence electrons. The molecule has 0 heterocycles. The van der Waals surface area contributed by atoms with Crippen molar-refractivity contribution in [2.75, 3.05) is 12.8 Å². The Bertz CT molecular complexity index is 527. The summed E-state index contributed by atoms with van der Waals surface area (Å²) in [6.07, 6.45) is 0.572. The van der Waals surface area contributed by atoms with Gasteiger partial charge in [-0.15, -0.1) is 11.8 Å². The van der Waals surface area contributed by atoms with Crippen LogP contribution in [0.1, 0.15) is 12.0 Å². The highest BCUT2D eigenvalue weighted by molar-refractivity contribution is 7.99. The van der Waals surface area contributed by atoms with E-state index in [-0.39, 0.29) is 5.91 Å². The third-order valence-corrected chi connectivity index (χ3v) is 4.03. The quantitative estimate of drug-likeness (QED) is 0.752.